The van der Waals surface area contributed by atoms with E-state index in [4.69, 9.17) is 4.74 Å². The van der Waals surface area contributed by atoms with Crippen LogP contribution in [0, 0.1) is 0 Å². The van der Waals surface area contributed by atoms with Crippen molar-refractivity contribution in [3.8, 4) is 5.75 Å². The van der Waals surface area contributed by atoms with Gasteiger partial charge in [-0.05, 0) is 30.7 Å². The number of nitrogens with zero attached hydrogens (tertiary/aromatic N) is 4. The Morgan fingerprint density at radius 2 is 1.97 bits per heavy atom. The van der Waals surface area contributed by atoms with Crippen LogP contribution in [0.15, 0.2) is 28.6 Å². The molecule has 1 amide bonds. The highest BCUT2D eigenvalue weighted by molar-refractivity contribution is 8.01. The molecular formula is C19H25N5O4S3. The summed E-state index contributed by atoms with van der Waals surface area (Å²) in [5, 5.41) is 12.1. The molecule has 1 N–H and O–H groups in total. The van der Waals surface area contributed by atoms with Crippen LogP contribution < -0.4 is 10.1 Å². The summed E-state index contributed by atoms with van der Waals surface area (Å²) in [5.41, 5.74) is 0.887. The lowest BCUT2D eigenvalue weighted by molar-refractivity contribution is -0.130. The van der Waals surface area contributed by atoms with Crippen molar-refractivity contribution in [1.82, 2.24) is 20.0 Å². The van der Waals surface area contributed by atoms with Crippen molar-refractivity contribution in [2.75, 3.05) is 55.9 Å². The highest BCUT2D eigenvalue weighted by Crippen LogP contribution is 2.28. The molecule has 1 aromatic carbocycles. The fourth-order valence-corrected chi connectivity index (χ4v) is 7.17. The Morgan fingerprint density at radius 1 is 1.23 bits per heavy atom. The third-order valence-electron chi connectivity index (χ3n) is 5.46. The fourth-order valence-electron chi connectivity index (χ4n) is 3.73. The van der Waals surface area contributed by atoms with E-state index in [1.807, 2.05) is 29.2 Å². The van der Waals surface area contributed by atoms with Gasteiger partial charge in [-0.15, -0.1) is 10.2 Å². The Labute approximate surface area is 190 Å². The first-order valence-electron chi connectivity index (χ1n) is 10.0. The number of aromatic nitrogens is 2. The minimum absolute atomic E-state index is 0.0727. The van der Waals surface area contributed by atoms with E-state index in [1.54, 1.807) is 7.11 Å². The maximum atomic E-state index is 12.6. The molecule has 168 valence electrons. The van der Waals surface area contributed by atoms with Crippen molar-refractivity contribution >= 4 is 49.7 Å². The minimum atomic E-state index is -2.88. The second-order valence-corrected chi connectivity index (χ2v) is 11.9. The van der Waals surface area contributed by atoms with Crippen LogP contribution >= 0.6 is 23.1 Å². The number of sulfone groups is 1. The van der Waals surface area contributed by atoms with E-state index >= 15 is 0 Å². The van der Waals surface area contributed by atoms with Gasteiger partial charge >= 0.3 is 0 Å². The average molecular weight is 484 g/mol. The van der Waals surface area contributed by atoms with E-state index in [0.717, 1.165) is 28.9 Å². The molecule has 2 aliphatic heterocycles. The number of hydrogen-bond donors (Lipinski definition) is 1. The maximum absolute atomic E-state index is 12.6. The Bertz CT molecular complexity index is 1000. The molecule has 0 aliphatic carbocycles. The first-order valence-corrected chi connectivity index (χ1v) is 13.6. The number of carbonyl (C=O) groups excluding carboxylic acids is 1. The molecule has 31 heavy (non-hydrogen) atoms. The highest BCUT2D eigenvalue weighted by Gasteiger charge is 2.34. The first kappa shape index (κ1) is 22.3. The maximum Gasteiger partial charge on any atom is 0.233 e. The van der Waals surface area contributed by atoms with Crippen molar-refractivity contribution in [3.63, 3.8) is 0 Å². The van der Waals surface area contributed by atoms with Gasteiger partial charge in [0.25, 0.3) is 0 Å². The topological polar surface area (TPSA) is 105 Å². The summed E-state index contributed by atoms with van der Waals surface area (Å²) in [6.45, 7) is 2.73. The summed E-state index contributed by atoms with van der Waals surface area (Å²) in [6.07, 6.45) is 0.704. The molecule has 1 atom stereocenters. The van der Waals surface area contributed by atoms with Crippen molar-refractivity contribution in [3.05, 3.63) is 24.3 Å². The quantitative estimate of drug-likeness (QED) is 0.589. The predicted octanol–water partition coefficient (Wildman–Crippen LogP) is 1.71. The average Bonchev–Trinajstić information content (AvgIpc) is 3.38. The first-order chi connectivity index (χ1) is 14.9. The van der Waals surface area contributed by atoms with Gasteiger partial charge in [0, 0.05) is 37.9 Å². The summed E-state index contributed by atoms with van der Waals surface area (Å²) >= 11 is 2.79. The van der Waals surface area contributed by atoms with Gasteiger partial charge in [-0.1, -0.05) is 23.1 Å². The predicted molar refractivity (Wildman–Crippen MR) is 122 cm³/mol. The number of thioether (sulfide) groups is 1. The van der Waals surface area contributed by atoms with Crippen LogP contribution in [-0.2, 0) is 14.6 Å². The largest absolute Gasteiger partial charge is 0.497 e. The monoisotopic (exact) mass is 483 g/mol. The Kier molecular flexibility index (Phi) is 6.99. The summed E-state index contributed by atoms with van der Waals surface area (Å²) in [6, 6.07) is 7.63. The van der Waals surface area contributed by atoms with Crippen LogP contribution in [-0.4, -0.2) is 90.9 Å². The summed E-state index contributed by atoms with van der Waals surface area (Å²) in [5.74, 6) is 1.70. The number of benzene rings is 1. The molecular weight excluding hydrogens is 458 g/mol. The molecule has 2 aliphatic rings. The lowest BCUT2D eigenvalue weighted by atomic mass is 10.2. The second-order valence-electron chi connectivity index (χ2n) is 7.49. The van der Waals surface area contributed by atoms with E-state index in [9.17, 15) is 13.2 Å². The zero-order valence-electron chi connectivity index (χ0n) is 17.2. The molecule has 4 rings (SSSR count). The van der Waals surface area contributed by atoms with Gasteiger partial charge in [0.1, 0.15) is 5.75 Å². The molecule has 2 saturated heterocycles. The number of carbonyl (C=O) groups is 1. The van der Waals surface area contributed by atoms with Gasteiger partial charge in [-0.25, -0.2) is 8.42 Å². The Hall–Kier alpha value is -1.89. The van der Waals surface area contributed by atoms with Crippen molar-refractivity contribution < 1.29 is 17.9 Å². The SMILES string of the molecule is COc1ccc(Nc2nnc(SCC(=O)N3CCN(C4CCS(=O)(=O)C4)CC3)s2)cc1. The van der Waals surface area contributed by atoms with Gasteiger partial charge in [0.05, 0.1) is 24.4 Å². The van der Waals surface area contributed by atoms with Gasteiger partial charge in [0.2, 0.25) is 11.0 Å². The number of piperazine rings is 1. The van der Waals surface area contributed by atoms with Crippen molar-refractivity contribution in [2.24, 2.45) is 0 Å². The number of amides is 1. The summed E-state index contributed by atoms with van der Waals surface area (Å²) < 4.78 is 29.3. The van der Waals surface area contributed by atoms with E-state index < -0.39 is 9.84 Å². The molecule has 2 fully saturated rings. The normalized spacial score (nSPS) is 21.2. The van der Waals surface area contributed by atoms with Crippen LogP contribution in [0.1, 0.15) is 6.42 Å². The molecule has 12 heteroatoms. The van der Waals surface area contributed by atoms with Crippen LogP contribution in [0.4, 0.5) is 10.8 Å². The third-order valence-corrected chi connectivity index (χ3v) is 9.17. The number of anilines is 2. The molecule has 0 bridgehead atoms. The number of hydrogen-bond acceptors (Lipinski definition) is 10. The molecule has 0 spiro atoms. The molecule has 1 aromatic heterocycles. The van der Waals surface area contributed by atoms with Gasteiger partial charge < -0.3 is 15.0 Å². The number of nitrogens with one attached hydrogen (secondary N) is 1. The summed E-state index contributed by atoms with van der Waals surface area (Å²) in [7, 11) is -1.26. The van der Waals surface area contributed by atoms with Crippen LogP contribution in [0.5, 0.6) is 5.75 Å². The zero-order chi connectivity index (χ0) is 21.8. The number of methoxy groups -OCH3 is 1. The van der Waals surface area contributed by atoms with Crippen molar-refractivity contribution in [1.29, 1.82) is 0 Å². The van der Waals surface area contributed by atoms with E-state index in [0.29, 0.717) is 30.4 Å². The Morgan fingerprint density at radius 3 is 2.61 bits per heavy atom. The number of ether oxygens (including phenoxy) is 1. The highest BCUT2D eigenvalue weighted by atomic mass is 32.2. The zero-order valence-corrected chi connectivity index (χ0v) is 19.6. The van der Waals surface area contributed by atoms with Crippen molar-refractivity contribution in [2.45, 2.75) is 16.8 Å². The van der Waals surface area contributed by atoms with Gasteiger partial charge in [-0.2, -0.15) is 0 Å². The van der Waals surface area contributed by atoms with Crippen LogP contribution in [0.3, 0.4) is 0 Å². The lowest BCUT2D eigenvalue weighted by Gasteiger charge is -2.37. The molecule has 0 saturated carbocycles. The third kappa shape index (κ3) is 5.88. The van der Waals surface area contributed by atoms with Crippen LogP contribution in [0.2, 0.25) is 0 Å². The smallest absolute Gasteiger partial charge is 0.233 e. The fraction of sp³-hybridized carbons (Fsp3) is 0.526. The lowest BCUT2D eigenvalue weighted by Crippen LogP contribution is -2.52. The molecule has 0 radical (unpaired) electrons. The Balaban J connectivity index is 1.21. The molecule has 1 unspecified atom stereocenters. The van der Waals surface area contributed by atoms with Crippen LogP contribution in [0.25, 0.3) is 0 Å². The van der Waals surface area contributed by atoms with E-state index in [1.165, 1.54) is 23.1 Å². The molecule has 9 nitrogen and oxygen atoms in total. The molecule has 3 heterocycles. The van der Waals surface area contributed by atoms with Gasteiger partial charge in [-0.3, -0.25) is 9.69 Å². The standard InChI is InChI=1S/C19H25N5O4S3/c1-28-16-4-2-14(3-5-16)20-18-21-22-19(30-18)29-12-17(25)24-9-7-23(8-10-24)15-6-11-31(26,27)13-15/h2-5,15H,6-13H2,1H3,(H,20,21). The van der Waals surface area contributed by atoms with E-state index in [2.05, 4.69) is 20.4 Å². The minimum Gasteiger partial charge on any atom is -0.497 e. The van der Waals surface area contributed by atoms with E-state index in [-0.39, 0.29) is 23.5 Å². The summed E-state index contributed by atoms with van der Waals surface area (Å²) in [4.78, 5) is 16.6. The second kappa shape index (κ2) is 9.72. The molecule has 2 aromatic rings. The number of rotatable bonds is 7. The van der Waals surface area contributed by atoms with Gasteiger partial charge in [0.15, 0.2) is 14.2 Å².